The van der Waals surface area contributed by atoms with Gasteiger partial charge in [-0.2, -0.15) is 0 Å². The number of fused-ring (bicyclic) bond motifs is 2. The summed E-state index contributed by atoms with van der Waals surface area (Å²) in [5.41, 5.74) is 1.01. The molecule has 6 heteroatoms. The summed E-state index contributed by atoms with van der Waals surface area (Å²) < 4.78 is 43.9. The maximum Gasteiger partial charge on any atom is 0.238 e. The van der Waals surface area contributed by atoms with Crippen LogP contribution in [0.5, 0.6) is 5.75 Å². The van der Waals surface area contributed by atoms with E-state index in [-0.39, 0.29) is 10.7 Å². The average Bonchev–Trinajstić information content (AvgIpc) is 2.65. The average molecular weight is 381 g/mol. The molecule has 0 aliphatic heterocycles. The Labute approximate surface area is 156 Å². The normalized spacial score (nSPS) is 11.8. The highest BCUT2D eigenvalue weighted by Crippen LogP contribution is 2.43. The van der Waals surface area contributed by atoms with E-state index >= 15 is 0 Å². The molecule has 0 spiro atoms. The third kappa shape index (κ3) is 2.93. The van der Waals surface area contributed by atoms with Crippen LogP contribution in [0.4, 0.5) is 4.39 Å². The number of hydrogen-bond acceptors (Lipinski definition) is 3. The Balaban J connectivity index is 2.26. The van der Waals surface area contributed by atoms with E-state index in [0.717, 1.165) is 10.8 Å². The van der Waals surface area contributed by atoms with Crippen molar-refractivity contribution in [2.24, 2.45) is 5.14 Å². The Kier molecular flexibility index (Phi) is 4.09. The molecule has 0 atom stereocenters. The number of sulfonamides is 1. The number of halogens is 1. The second-order valence-corrected chi connectivity index (χ2v) is 7.74. The molecule has 0 saturated carbocycles. The highest BCUT2D eigenvalue weighted by atomic mass is 32.2. The van der Waals surface area contributed by atoms with E-state index in [1.807, 2.05) is 24.3 Å². The van der Waals surface area contributed by atoms with E-state index < -0.39 is 10.0 Å². The summed E-state index contributed by atoms with van der Waals surface area (Å²) in [6, 6.07) is 18.4. The number of rotatable bonds is 3. The SMILES string of the molecule is COc1ccc2cc(F)ccc2c1-c1c(S(N)(=O)=O)ccc2ccccc12. The molecule has 0 heterocycles. The monoisotopic (exact) mass is 381 g/mol. The molecular weight excluding hydrogens is 365 g/mol. The molecule has 0 radical (unpaired) electrons. The predicted octanol–water partition coefficient (Wildman–Crippen LogP) is 4.46. The van der Waals surface area contributed by atoms with E-state index in [0.29, 0.717) is 27.6 Å². The van der Waals surface area contributed by atoms with Gasteiger partial charge in [0.05, 0.1) is 12.0 Å². The van der Waals surface area contributed by atoms with Gasteiger partial charge < -0.3 is 4.74 Å². The summed E-state index contributed by atoms with van der Waals surface area (Å²) in [7, 11) is -2.49. The van der Waals surface area contributed by atoms with Crippen LogP contribution in [-0.4, -0.2) is 15.5 Å². The molecule has 0 aliphatic rings. The lowest BCUT2D eigenvalue weighted by molar-refractivity contribution is 0.417. The molecule has 0 fully saturated rings. The quantitative estimate of drug-likeness (QED) is 0.570. The third-order valence-electron chi connectivity index (χ3n) is 4.61. The van der Waals surface area contributed by atoms with E-state index in [4.69, 9.17) is 9.88 Å². The van der Waals surface area contributed by atoms with Gasteiger partial charge >= 0.3 is 0 Å². The van der Waals surface area contributed by atoms with Gasteiger partial charge in [-0.05, 0) is 45.8 Å². The van der Waals surface area contributed by atoms with Crippen LogP contribution in [0.2, 0.25) is 0 Å². The largest absolute Gasteiger partial charge is 0.496 e. The zero-order chi connectivity index (χ0) is 19.2. The first-order chi connectivity index (χ1) is 12.9. The molecule has 0 aromatic heterocycles. The third-order valence-corrected chi connectivity index (χ3v) is 5.56. The van der Waals surface area contributed by atoms with Crippen molar-refractivity contribution in [1.82, 2.24) is 0 Å². The Morgan fingerprint density at radius 1 is 0.852 bits per heavy atom. The van der Waals surface area contributed by atoms with E-state index in [2.05, 4.69) is 0 Å². The van der Waals surface area contributed by atoms with E-state index in [1.54, 1.807) is 24.3 Å². The van der Waals surface area contributed by atoms with Crippen LogP contribution < -0.4 is 9.88 Å². The van der Waals surface area contributed by atoms with Gasteiger partial charge in [0.25, 0.3) is 0 Å². The Morgan fingerprint density at radius 2 is 1.56 bits per heavy atom. The van der Waals surface area contributed by atoms with Crippen molar-refractivity contribution in [3.8, 4) is 16.9 Å². The van der Waals surface area contributed by atoms with Crippen molar-refractivity contribution in [2.45, 2.75) is 4.90 Å². The number of primary sulfonamides is 1. The topological polar surface area (TPSA) is 69.4 Å². The minimum absolute atomic E-state index is 0.00340. The molecule has 27 heavy (non-hydrogen) atoms. The number of ether oxygens (including phenoxy) is 1. The maximum absolute atomic E-state index is 13.7. The van der Waals surface area contributed by atoms with Crippen LogP contribution >= 0.6 is 0 Å². The fourth-order valence-electron chi connectivity index (χ4n) is 3.46. The second kappa shape index (κ2) is 6.33. The fourth-order valence-corrected chi connectivity index (χ4v) is 4.21. The van der Waals surface area contributed by atoms with Crippen LogP contribution in [0.3, 0.4) is 0 Å². The zero-order valence-electron chi connectivity index (χ0n) is 14.4. The summed E-state index contributed by atoms with van der Waals surface area (Å²) in [6.07, 6.45) is 0. The first kappa shape index (κ1) is 17.5. The number of benzene rings is 4. The van der Waals surface area contributed by atoms with Crippen LogP contribution in [-0.2, 0) is 10.0 Å². The molecule has 0 bridgehead atoms. The number of methoxy groups -OCH3 is 1. The second-order valence-electron chi connectivity index (χ2n) is 6.21. The van der Waals surface area contributed by atoms with Gasteiger partial charge in [-0.1, -0.05) is 42.5 Å². The van der Waals surface area contributed by atoms with Crippen molar-refractivity contribution < 1.29 is 17.5 Å². The van der Waals surface area contributed by atoms with Crippen molar-refractivity contribution in [3.63, 3.8) is 0 Å². The van der Waals surface area contributed by atoms with Crippen LogP contribution in [0.15, 0.2) is 71.6 Å². The first-order valence-corrected chi connectivity index (χ1v) is 9.76. The van der Waals surface area contributed by atoms with Crippen molar-refractivity contribution >= 4 is 31.6 Å². The molecule has 0 aliphatic carbocycles. The summed E-state index contributed by atoms with van der Waals surface area (Å²) in [5, 5.41) is 8.42. The molecule has 4 aromatic carbocycles. The molecule has 0 unspecified atom stereocenters. The lowest BCUT2D eigenvalue weighted by atomic mass is 9.93. The summed E-state index contributed by atoms with van der Waals surface area (Å²) in [5.74, 6) is 0.110. The molecule has 4 aromatic rings. The van der Waals surface area contributed by atoms with Gasteiger partial charge in [0.2, 0.25) is 10.0 Å². The standard InChI is InChI=1S/C21H16FNO3S/c1-26-18-10-6-14-12-15(22)8-9-17(14)20(18)21-16-5-3-2-4-13(16)7-11-19(21)27(23,24)25/h2-12H,1H3,(H2,23,24,25). The Bertz CT molecular complexity index is 1300. The fraction of sp³-hybridized carbons (Fsp3) is 0.0476. The molecular formula is C21H16FNO3S. The smallest absolute Gasteiger partial charge is 0.238 e. The maximum atomic E-state index is 13.7. The van der Waals surface area contributed by atoms with E-state index in [9.17, 15) is 12.8 Å². The first-order valence-electron chi connectivity index (χ1n) is 8.21. The summed E-state index contributed by atoms with van der Waals surface area (Å²) in [6.45, 7) is 0. The number of hydrogen-bond donors (Lipinski definition) is 1. The minimum Gasteiger partial charge on any atom is -0.496 e. The Morgan fingerprint density at radius 3 is 2.30 bits per heavy atom. The molecule has 136 valence electrons. The van der Waals surface area contributed by atoms with Gasteiger partial charge in [-0.15, -0.1) is 0 Å². The number of nitrogens with two attached hydrogens (primary N) is 1. The lowest BCUT2D eigenvalue weighted by Gasteiger charge is -2.17. The molecule has 4 rings (SSSR count). The van der Waals surface area contributed by atoms with Crippen molar-refractivity contribution in [1.29, 1.82) is 0 Å². The lowest BCUT2D eigenvalue weighted by Crippen LogP contribution is -2.14. The predicted molar refractivity (Wildman–Crippen MR) is 105 cm³/mol. The molecule has 0 saturated heterocycles. The van der Waals surface area contributed by atoms with Gasteiger partial charge in [0.15, 0.2) is 0 Å². The minimum atomic E-state index is -4.00. The molecule has 2 N–H and O–H groups in total. The zero-order valence-corrected chi connectivity index (χ0v) is 15.3. The Hall–Kier alpha value is -2.96. The summed E-state index contributed by atoms with van der Waals surface area (Å²) in [4.78, 5) is -0.00340. The molecule has 4 nitrogen and oxygen atoms in total. The van der Waals surface area contributed by atoms with Gasteiger partial charge in [0, 0.05) is 11.1 Å². The van der Waals surface area contributed by atoms with Gasteiger partial charge in [0.1, 0.15) is 11.6 Å². The molecule has 0 amide bonds. The summed E-state index contributed by atoms with van der Waals surface area (Å²) >= 11 is 0. The van der Waals surface area contributed by atoms with Crippen LogP contribution in [0.1, 0.15) is 0 Å². The van der Waals surface area contributed by atoms with Crippen LogP contribution in [0.25, 0.3) is 32.7 Å². The van der Waals surface area contributed by atoms with Crippen molar-refractivity contribution in [3.05, 3.63) is 72.5 Å². The highest BCUT2D eigenvalue weighted by molar-refractivity contribution is 7.89. The van der Waals surface area contributed by atoms with Crippen LogP contribution in [0, 0.1) is 5.82 Å². The van der Waals surface area contributed by atoms with E-state index in [1.165, 1.54) is 25.3 Å². The van der Waals surface area contributed by atoms with Crippen molar-refractivity contribution in [2.75, 3.05) is 7.11 Å². The van der Waals surface area contributed by atoms with Gasteiger partial charge in [-0.3, -0.25) is 0 Å². The van der Waals surface area contributed by atoms with Gasteiger partial charge in [-0.25, -0.2) is 17.9 Å². The highest BCUT2D eigenvalue weighted by Gasteiger charge is 2.22.